The molecule has 1 aromatic rings. The zero-order chi connectivity index (χ0) is 16.5. The van der Waals surface area contributed by atoms with Crippen molar-refractivity contribution < 1.29 is 23.5 Å². The van der Waals surface area contributed by atoms with Gasteiger partial charge in [0.1, 0.15) is 29.7 Å². The number of halogens is 1. The molecule has 0 unspecified atom stereocenters. The van der Waals surface area contributed by atoms with E-state index in [1.807, 2.05) is 0 Å². The number of ether oxygens (including phenoxy) is 2. The number of nitrogens with zero attached hydrogens (tertiary/aromatic N) is 2. The van der Waals surface area contributed by atoms with Crippen LogP contribution in [0.5, 0.6) is 5.75 Å². The van der Waals surface area contributed by atoms with Gasteiger partial charge in [0.2, 0.25) is 5.95 Å². The van der Waals surface area contributed by atoms with E-state index in [0.717, 1.165) is 4.90 Å². The molecule has 2 heterocycles. The number of hydrogen-bond donors (Lipinski definition) is 1. The summed E-state index contributed by atoms with van der Waals surface area (Å²) >= 11 is 0. The lowest BCUT2D eigenvalue weighted by Gasteiger charge is -2.23. The number of fused-ring (bicyclic) bond motifs is 1. The maximum absolute atomic E-state index is 13.8. The highest BCUT2D eigenvalue weighted by atomic mass is 19.1. The van der Waals surface area contributed by atoms with Crippen molar-refractivity contribution in [2.45, 2.75) is 32.4 Å². The normalized spacial score (nSPS) is 18.1. The minimum absolute atomic E-state index is 0.0546. The number of carbonyl (C=O) groups is 2. The lowest BCUT2D eigenvalue weighted by Crippen LogP contribution is -2.50. The molecule has 22 heavy (non-hydrogen) atoms. The summed E-state index contributed by atoms with van der Waals surface area (Å²) in [7, 11) is 1.39. The number of anilines is 1. The summed E-state index contributed by atoms with van der Waals surface area (Å²) in [5.74, 6) is -1.14. The van der Waals surface area contributed by atoms with E-state index >= 15 is 0 Å². The first-order chi connectivity index (χ1) is 10.2. The molecule has 2 amide bonds. The molecule has 0 saturated heterocycles. The molecule has 1 N–H and O–H groups in total. The van der Waals surface area contributed by atoms with E-state index in [9.17, 15) is 14.0 Å². The smallest absolute Gasteiger partial charge is 0.408 e. The van der Waals surface area contributed by atoms with Crippen LogP contribution in [0.15, 0.2) is 12.3 Å². The fourth-order valence-electron chi connectivity index (χ4n) is 1.97. The quantitative estimate of drug-likeness (QED) is 0.794. The number of likely N-dealkylation sites (N-methyl/N-ethyl adjacent to an activating group) is 1. The molecule has 7 nitrogen and oxygen atoms in total. The number of rotatable bonds is 1. The lowest BCUT2D eigenvalue weighted by atomic mass is 10.2. The Balaban J connectivity index is 2.17. The van der Waals surface area contributed by atoms with Crippen LogP contribution in [0.3, 0.4) is 0 Å². The van der Waals surface area contributed by atoms with Crippen LogP contribution >= 0.6 is 0 Å². The summed E-state index contributed by atoms with van der Waals surface area (Å²) in [5, 5.41) is 2.43. The SMILES string of the molecule is CN1C(=O)[C@@H](NC(=O)OC(C)(C)C)COc2ccnc(F)c21. The molecule has 120 valence electrons. The Hall–Kier alpha value is -2.38. The summed E-state index contributed by atoms with van der Waals surface area (Å²) in [6.07, 6.45) is 0.501. The zero-order valence-corrected chi connectivity index (χ0v) is 12.8. The first-order valence-corrected chi connectivity index (χ1v) is 6.73. The van der Waals surface area contributed by atoms with Crippen LogP contribution in [0.25, 0.3) is 0 Å². The number of amides is 2. The van der Waals surface area contributed by atoms with Crippen LogP contribution in [0.2, 0.25) is 0 Å². The molecule has 0 saturated carbocycles. The average molecular weight is 311 g/mol. The second-order valence-corrected chi connectivity index (χ2v) is 5.86. The number of pyridine rings is 1. The monoisotopic (exact) mass is 311 g/mol. The van der Waals surface area contributed by atoms with Crippen LogP contribution in [0, 0.1) is 5.95 Å². The summed E-state index contributed by atoms with van der Waals surface area (Å²) < 4.78 is 24.3. The van der Waals surface area contributed by atoms with Crippen molar-refractivity contribution in [3.8, 4) is 5.75 Å². The van der Waals surface area contributed by atoms with Gasteiger partial charge in [0.15, 0.2) is 0 Å². The molecule has 0 fully saturated rings. The third-order valence-corrected chi connectivity index (χ3v) is 2.90. The molecule has 8 heteroatoms. The number of alkyl carbamates (subject to hydrolysis) is 1. The first kappa shape index (κ1) is 16.0. The highest BCUT2D eigenvalue weighted by Crippen LogP contribution is 2.31. The fourth-order valence-corrected chi connectivity index (χ4v) is 1.97. The third kappa shape index (κ3) is 3.44. The summed E-state index contributed by atoms with van der Waals surface area (Å²) in [6, 6.07) is 0.476. The number of carbonyl (C=O) groups excluding carboxylic acids is 2. The first-order valence-electron chi connectivity index (χ1n) is 6.73. The average Bonchev–Trinajstić information content (AvgIpc) is 2.50. The van der Waals surface area contributed by atoms with Crippen LogP contribution in [-0.2, 0) is 9.53 Å². The van der Waals surface area contributed by atoms with Gasteiger partial charge in [-0.1, -0.05) is 0 Å². The minimum atomic E-state index is -0.980. The van der Waals surface area contributed by atoms with Crippen molar-refractivity contribution in [3.05, 3.63) is 18.2 Å². The van der Waals surface area contributed by atoms with Gasteiger partial charge in [-0.25, -0.2) is 9.78 Å². The van der Waals surface area contributed by atoms with E-state index in [0.29, 0.717) is 0 Å². The summed E-state index contributed by atoms with van der Waals surface area (Å²) in [4.78, 5) is 28.7. The highest BCUT2D eigenvalue weighted by molar-refractivity contribution is 6.00. The maximum Gasteiger partial charge on any atom is 0.408 e. The standard InChI is InChI=1S/C14H18FN3O4/c1-14(2,3)22-13(20)17-8-7-21-9-5-6-16-11(15)10(9)18(4)12(8)19/h5-6,8H,7H2,1-4H3,(H,17,20)/t8-/m0/s1. The van der Waals surface area contributed by atoms with E-state index in [-0.39, 0.29) is 18.0 Å². The van der Waals surface area contributed by atoms with Crippen LogP contribution in [0.4, 0.5) is 14.9 Å². The Morgan fingerprint density at radius 1 is 1.55 bits per heavy atom. The van der Waals surface area contributed by atoms with Gasteiger partial charge in [-0.15, -0.1) is 0 Å². The van der Waals surface area contributed by atoms with Gasteiger partial charge in [0.05, 0.1) is 0 Å². The number of hydrogen-bond acceptors (Lipinski definition) is 5. The van der Waals surface area contributed by atoms with Gasteiger partial charge in [0.25, 0.3) is 5.91 Å². The topological polar surface area (TPSA) is 80.8 Å². The molecular formula is C14H18FN3O4. The number of aromatic nitrogens is 1. The molecule has 1 aliphatic rings. The zero-order valence-electron chi connectivity index (χ0n) is 12.8. The summed E-state index contributed by atoms with van der Waals surface area (Å²) in [5.41, 5.74) is -0.746. The van der Waals surface area contributed by atoms with Gasteiger partial charge in [-0.05, 0) is 20.8 Å². The van der Waals surface area contributed by atoms with E-state index in [1.54, 1.807) is 20.8 Å². The van der Waals surface area contributed by atoms with Gasteiger partial charge in [-0.2, -0.15) is 4.39 Å². The molecule has 1 aliphatic heterocycles. The molecule has 0 aliphatic carbocycles. The molecule has 0 spiro atoms. The van der Waals surface area contributed by atoms with Crippen molar-refractivity contribution in [1.29, 1.82) is 0 Å². The van der Waals surface area contributed by atoms with Gasteiger partial charge in [-0.3, -0.25) is 4.79 Å². The molecule has 1 aromatic heterocycles. The maximum atomic E-state index is 13.8. The van der Waals surface area contributed by atoms with Crippen molar-refractivity contribution in [2.24, 2.45) is 0 Å². The van der Waals surface area contributed by atoms with Gasteiger partial charge < -0.3 is 19.7 Å². The highest BCUT2D eigenvalue weighted by Gasteiger charge is 2.33. The third-order valence-electron chi connectivity index (χ3n) is 2.90. The predicted octanol–water partition coefficient (Wildman–Crippen LogP) is 1.47. The molecule has 0 bridgehead atoms. The van der Waals surface area contributed by atoms with Crippen molar-refractivity contribution in [3.63, 3.8) is 0 Å². The Morgan fingerprint density at radius 3 is 2.86 bits per heavy atom. The molecule has 0 aromatic carbocycles. The van der Waals surface area contributed by atoms with Crippen molar-refractivity contribution >= 4 is 17.7 Å². The number of nitrogens with one attached hydrogen (secondary N) is 1. The van der Waals surface area contributed by atoms with E-state index in [1.165, 1.54) is 19.3 Å². The lowest BCUT2D eigenvalue weighted by molar-refractivity contribution is -0.120. The van der Waals surface area contributed by atoms with Crippen molar-refractivity contribution in [2.75, 3.05) is 18.6 Å². The van der Waals surface area contributed by atoms with E-state index in [4.69, 9.17) is 9.47 Å². The summed E-state index contributed by atoms with van der Waals surface area (Å²) in [6.45, 7) is 5.00. The van der Waals surface area contributed by atoms with Crippen LogP contribution < -0.4 is 15.0 Å². The second-order valence-electron chi connectivity index (χ2n) is 5.86. The molecule has 2 rings (SSSR count). The molecule has 0 radical (unpaired) electrons. The van der Waals surface area contributed by atoms with Gasteiger partial charge >= 0.3 is 6.09 Å². The Bertz CT molecular complexity index is 600. The van der Waals surface area contributed by atoms with Gasteiger partial charge in [0, 0.05) is 19.3 Å². The second kappa shape index (κ2) is 5.78. The van der Waals surface area contributed by atoms with E-state index in [2.05, 4.69) is 10.3 Å². The molecular weight excluding hydrogens is 293 g/mol. The van der Waals surface area contributed by atoms with E-state index < -0.39 is 29.6 Å². The Kier molecular flexibility index (Phi) is 4.20. The fraction of sp³-hybridized carbons (Fsp3) is 0.500. The largest absolute Gasteiger partial charge is 0.488 e. The predicted molar refractivity (Wildman–Crippen MR) is 76.3 cm³/mol. The minimum Gasteiger partial charge on any atom is -0.488 e. The van der Waals surface area contributed by atoms with Crippen LogP contribution in [-0.4, -0.2) is 42.3 Å². The Labute approximate surface area is 127 Å². The molecule has 1 atom stereocenters. The Morgan fingerprint density at radius 2 is 2.23 bits per heavy atom. The van der Waals surface area contributed by atoms with Crippen molar-refractivity contribution in [1.82, 2.24) is 10.3 Å². The van der Waals surface area contributed by atoms with Crippen LogP contribution in [0.1, 0.15) is 20.8 Å².